The Morgan fingerprint density at radius 2 is 1.93 bits per heavy atom. The SMILES string of the molecule is O=C(CCN1CCC(Cc2ccc(F)cc2F)CC1)c1ccc2[nH]c(=O)sc2c1. The second-order valence-electron chi connectivity index (χ2n) is 7.62. The molecule has 1 N–H and O–H groups in total. The minimum atomic E-state index is -0.546. The number of hydrogen-bond acceptors (Lipinski definition) is 4. The Bertz CT molecular complexity index is 1080. The van der Waals surface area contributed by atoms with Crippen molar-refractivity contribution >= 4 is 27.3 Å². The number of benzene rings is 2. The molecule has 1 saturated heterocycles. The minimum absolute atomic E-state index is 0.0725. The number of hydrogen-bond donors (Lipinski definition) is 1. The lowest BCUT2D eigenvalue weighted by atomic mass is 9.90. The van der Waals surface area contributed by atoms with E-state index in [1.807, 2.05) is 0 Å². The molecule has 4 rings (SSSR count). The van der Waals surface area contributed by atoms with Crippen molar-refractivity contribution in [2.45, 2.75) is 25.7 Å². The summed E-state index contributed by atoms with van der Waals surface area (Å²) in [7, 11) is 0. The molecule has 7 heteroatoms. The Morgan fingerprint density at radius 1 is 1.14 bits per heavy atom. The minimum Gasteiger partial charge on any atom is -0.312 e. The predicted molar refractivity (Wildman–Crippen MR) is 111 cm³/mol. The van der Waals surface area contributed by atoms with Gasteiger partial charge in [0.2, 0.25) is 0 Å². The van der Waals surface area contributed by atoms with Crippen molar-refractivity contribution in [2.24, 2.45) is 5.92 Å². The summed E-state index contributed by atoms with van der Waals surface area (Å²) in [4.78, 5) is 28.8. The molecule has 29 heavy (non-hydrogen) atoms. The maximum Gasteiger partial charge on any atom is 0.305 e. The van der Waals surface area contributed by atoms with Crippen LogP contribution in [0.15, 0.2) is 41.2 Å². The first kappa shape index (κ1) is 19.9. The largest absolute Gasteiger partial charge is 0.312 e. The number of carbonyl (C=O) groups is 1. The number of thiazole rings is 1. The van der Waals surface area contributed by atoms with Crippen molar-refractivity contribution in [3.05, 3.63) is 68.8 Å². The molecule has 152 valence electrons. The van der Waals surface area contributed by atoms with Crippen molar-refractivity contribution in [1.82, 2.24) is 9.88 Å². The van der Waals surface area contributed by atoms with Crippen LogP contribution >= 0.6 is 11.3 Å². The first-order valence-corrected chi connectivity index (χ1v) is 10.6. The Kier molecular flexibility index (Phi) is 5.87. The fourth-order valence-corrected chi connectivity index (χ4v) is 4.71. The maximum absolute atomic E-state index is 13.8. The number of carbonyl (C=O) groups excluding carboxylic acids is 1. The highest BCUT2D eigenvalue weighted by Gasteiger charge is 2.21. The Labute approximate surface area is 171 Å². The number of rotatable bonds is 6. The number of nitrogens with zero attached hydrogens (tertiary/aromatic N) is 1. The molecule has 3 aromatic rings. The quantitative estimate of drug-likeness (QED) is 0.606. The molecular weight excluding hydrogens is 394 g/mol. The summed E-state index contributed by atoms with van der Waals surface area (Å²) in [6, 6.07) is 9.11. The molecule has 4 nitrogen and oxygen atoms in total. The molecule has 0 saturated carbocycles. The molecule has 0 aliphatic carbocycles. The molecule has 1 aliphatic heterocycles. The van der Waals surface area contributed by atoms with Crippen LogP contribution in [-0.2, 0) is 6.42 Å². The summed E-state index contributed by atoms with van der Waals surface area (Å²) in [5.74, 6) is -0.568. The van der Waals surface area contributed by atoms with Crippen LogP contribution in [0.3, 0.4) is 0 Å². The third-order valence-electron chi connectivity index (χ3n) is 5.63. The van der Waals surface area contributed by atoms with Crippen LogP contribution in [-0.4, -0.2) is 35.3 Å². The zero-order valence-electron chi connectivity index (χ0n) is 15.9. The van der Waals surface area contributed by atoms with E-state index >= 15 is 0 Å². The Hall–Kier alpha value is -2.38. The summed E-state index contributed by atoms with van der Waals surface area (Å²) in [6.07, 6.45) is 2.93. The number of nitrogens with one attached hydrogen (secondary N) is 1. The lowest BCUT2D eigenvalue weighted by Crippen LogP contribution is -2.35. The topological polar surface area (TPSA) is 53.2 Å². The molecule has 0 spiro atoms. The number of fused-ring (bicyclic) bond motifs is 1. The summed E-state index contributed by atoms with van der Waals surface area (Å²) >= 11 is 1.11. The monoisotopic (exact) mass is 416 g/mol. The third kappa shape index (κ3) is 4.79. The smallest absolute Gasteiger partial charge is 0.305 e. The number of aromatic nitrogens is 1. The first-order valence-electron chi connectivity index (χ1n) is 9.80. The molecular formula is C22H22F2N2O2S. The highest BCUT2D eigenvalue weighted by molar-refractivity contribution is 7.16. The van der Waals surface area contributed by atoms with Gasteiger partial charge in [0.15, 0.2) is 5.78 Å². The van der Waals surface area contributed by atoms with Gasteiger partial charge in [-0.05, 0) is 68.1 Å². The molecule has 0 atom stereocenters. The van der Waals surface area contributed by atoms with E-state index in [1.165, 1.54) is 12.1 Å². The second kappa shape index (κ2) is 8.55. The van der Waals surface area contributed by atoms with Gasteiger partial charge in [0.25, 0.3) is 0 Å². The van der Waals surface area contributed by atoms with Crippen LogP contribution in [0.25, 0.3) is 10.2 Å². The van der Waals surface area contributed by atoms with Crippen LogP contribution in [0, 0.1) is 17.6 Å². The van der Waals surface area contributed by atoms with E-state index in [0.29, 0.717) is 36.4 Å². The van der Waals surface area contributed by atoms with Gasteiger partial charge in [-0.2, -0.15) is 0 Å². The molecule has 0 bridgehead atoms. The maximum atomic E-state index is 13.8. The number of halogens is 2. The van der Waals surface area contributed by atoms with Crippen LogP contribution in [0.1, 0.15) is 35.2 Å². The second-order valence-corrected chi connectivity index (χ2v) is 8.64. The van der Waals surface area contributed by atoms with E-state index in [4.69, 9.17) is 0 Å². The van der Waals surface area contributed by atoms with E-state index < -0.39 is 11.6 Å². The predicted octanol–water partition coefficient (Wildman–Crippen LogP) is 4.40. The molecule has 2 heterocycles. The fraction of sp³-hybridized carbons (Fsp3) is 0.364. The Balaban J connectivity index is 1.27. The van der Waals surface area contributed by atoms with Gasteiger partial charge in [-0.25, -0.2) is 8.78 Å². The van der Waals surface area contributed by atoms with Crippen molar-refractivity contribution in [2.75, 3.05) is 19.6 Å². The molecule has 0 amide bonds. The summed E-state index contributed by atoms with van der Waals surface area (Å²) in [6.45, 7) is 2.44. The van der Waals surface area contributed by atoms with Crippen LogP contribution in [0.4, 0.5) is 8.78 Å². The Morgan fingerprint density at radius 3 is 2.69 bits per heavy atom. The highest BCUT2D eigenvalue weighted by atomic mass is 32.1. The van der Waals surface area contributed by atoms with Gasteiger partial charge in [-0.1, -0.05) is 17.4 Å². The molecule has 1 aromatic heterocycles. The number of Topliss-reactive ketones (excluding diaryl/α,β-unsaturated/α-hetero) is 1. The first-order chi connectivity index (χ1) is 14.0. The van der Waals surface area contributed by atoms with Crippen LogP contribution in [0.2, 0.25) is 0 Å². The summed E-state index contributed by atoms with van der Waals surface area (Å²) in [5, 5.41) is 0. The number of H-pyrrole nitrogens is 1. The van der Waals surface area contributed by atoms with Crippen molar-refractivity contribution < 1.29 is 13.6 Å². The van der Waals surface area contributed by atoms with Crippen molar-refractivity contribution in [3.8, 4) is 0 Å². The number of ketones is 1. The van der Waals surface area contributed by atoms with Gasteiger partial charge < -0.3 is 9.88 Å². The van der Waals surface area contributed by atoms with Gasteiger partial charge >= 0.3 is 4.87 Å². The highest BCUT2D eigenvalue weighted by Crippen LogP contribution is 2.24. The van der Waals surface area contributed by atoms with Crippen molar-refractivity contribution in [1.29, 1.82) is 0 Å². The summed E-state index contributed by atoms with van der Waals surface area (Å²) in [5.41, 5.74) is 1.97. The average molecular weight is 416 g/mol. The van der Waals surface area contributed by atoms with Crippen molar-refractivity contribution in [3.63, 3.8) is 0 Å². The van der Waals surface area contributed by atoms with Gasteiger partial charge in [-0.15, -0.1) is 0 Å². The van der Waals surface area contributed by atoms with Crippen LogP contribution < -0.4 is 4.87 Å². The fourth-order valence-electron chi connectivity index (χ4n) is 3.94. The van der Waals surface area contributed by atoms with Gasteiger partial charge in [0.1, 0.15) is 11.6 Å². The summed E-state index contributed by atoms with van der Waals surface area (Å²) < 4.78 is 27.7. The van der Waals surface area contributed by atoms with E-state index in [2.05, 4.69) is 9.88 Å². The standard InChI is InChI=1S/C22H22F2N2O2S/c23-17-3-1-15(18(24)13-17)11-14-5-8-26(9-6-14)10-7-20(27)16-2-4-19-21(12-16)29-22(28)25-19/h1-4,12-14H,5-11H2,(H,25,28). The number of likely N-dealkylation sites (tertiary alicyclic amines) is 1. The number of piperidine rings is 1. The lowest BCUT2D eigenvalue weighted by Gasteiger charge is -2.32. The average Bonchev–Trinajstić information content (AvgIpc) is 3.08. The van der Waals surface area contributed by atoms with E-state index in [1.54, 1.807) is 18.2 Å². The molecule has 0 radical (unpaired) electrons. The van der Waals surface area contributed by atoms with E-state index in [9.17, 15) is 18.4 Å². The third-order valence-corrected chi connectivity index (χ3v) is 6.47. The molecule has 0 unspecified atom stereocenters. The molecule has 2 aromatic carbocycles. The van der Waals surface area contributed by atoms with Gasteiger partial charge in [-0.3, -0.25) is 9.59 Å². The van der Waals surface area contributed by atoms with E-state index in [0.717, 1.165) is 53.6 Å². The van der Waals surface area contributed by atoms with Gasteiger partial charge in [0.05, 0.1) is 10.2 Å². The van der Waals surface area contributed by atoms with E-state index in [-0.39, 0.29) is 10.7 Å². The lowest BCUT2D eigenvalue weighted by molar-refractivity contribution is 0.0951. The number of aromatic amines is 1. The zero-order chi connectivity index (χ0) is 20.4. The molecule has 1 aliphatic rings. The molecule has 1 fully saturated rings. The van der Waals surface area contributed by atoms with Gasteiger partial charge in [0, 0.05) is 24.6 Å². The zero-order valence-corrected chi connectivity index (χ0v) is 16.7. The van der Waals surface area contributed by atoms with Crippen LogP contribution in [0.5, 0.6) is 0 Å². The normalized spacial score (nSPS) is 15.8.